The van der Waals surface area contributed by atoms with E-state index in [1.165, 1.54) is 12.1 Å². The second kappa shape index (κ2) is 6.18. The average Bonchev–Trinajstić information content (AvgIpc) is 2.44. The summed E-state index contributed by atoms with van der Waals surface area (Å²) in [6.07, 6.45) is -0.366. The molecule has 7 heteroatoms. The largest absolute Gasteiger partial charge is 0.396 e. The summed E-state index contributed by atoms with van der Waals surface area (Å²) in [5, 5.41) is 9.65. The van der Waals surface area contributed by atoms with Crippen molar-refractivity contribution < 1.29 is 14.6 Å². The average molecular weight is 319 g/mol. The van der Waals surface area contributed by atoms with E-state index in [4.69, 9.17) is 38.8 Å². The van der Waals surface area contributed by atoms with E-state index in [1.54, 1.807) is 4.90 Å². The van der Waals surface area contributed by atoms with Crippen molar-refractivity contribution in [2.75, 3.05) is 25.5 Å². The highest BCUT2D eigenvalue weighted by atomic mass is 35.5. The monoisotopic (exact) mass is 318 g/mol. The molecule has 2 atom stereocenters. The number of morpholine rings is 1. The van der Waals surface area contributed by atoms with Gasteiger partial charge in [0.2, 0.25) is 0 Å². The van der Waals surface area contributed by atoms with Gasteiger partial charge in [-0.25, -0.2) is 0 Å². The molecule has 0 aliphatic carbocycles. The van der Waals surface area contributed by atoms with Crippen LogP contribution in [0, 0.1) is 0 Å². The summed E-state index contributed by atoms with van der Waals surface area (Å²) in [6.45, 7) is 2.47. The zero-order chi connectivity index (χ0) is 14.9. The van der Waals surface area contributed by atoms with Crippen molar-refractivity contribution in [1.82, 2.24) is 4.90 Å². The van der Waals surface area contributed by atoms with Gasteiger partial charge in [0.1, 0.15) is 0 Å². The third-order valence-electron chi connectivity index (χ3n) is 3.30. The molecule has 110 valence electrons. The van der Waals surface area contributed by atoms with Gasteiger partial charge in [-0.1, -0.05) is 23.2 Å². The molecule has 1 saturated heterocycles. The summed E-state index contributed by atoms with van der Waals surface area (Å²) in [5.74, 6) is -0.206. The van der Waals surface area contributed by atoms with Crippen LogP contribution in [0.3, 0.4) is 0 Å². The first-order chi connectivity index (χ1) is 9.43. The zero-order valence-electron chi connectivity index (χ0n) is 11.0. The molecule has 0 saturated carbocycles. The number of anilines is 1. The number of nitrogen functional groups attached to an aromatic ring is 1. The van der Waals surface area contributed by atoms with Gasteiger partial charge < -0.3 is 20.5 Å². The Morgan fingerprint density at radius 3 is 2.65 bits per heavy atom. The fourth-order valence-electron chi connectivity index (χ4n) is 2.08. The summed E-state index contributed by atoms with van der Waals surface area (Å²) in [5.41, 5.74) is 6.29. The highest BCUT2D eigenvalue weighted by Crippen LogP contribution is 2.30. The minimum absolute atomic E-state index is 0.0830. The smallest absolute Gasteiger partial charge is 0.254 e. The molecule has 3 N–H and O–H groups in total. The number of aliphatic hydroxyl groups is 1. The third kappa shape index (κ3) is 3.01. The minimum atomic E-state index is -0.366. The van der Waals surface area contributed by atoms with E-state index in [9.17, 15) is 4.79 Å². The Hall–Kier alpha value is -1.01. The number of aliphatic hydroxyl groups excluding tert-OH is 1. The van der Waals surface area contributed by atoms with E-state index < -0.39 is 0 Å². The van der Waals surface area contributed by atoms with Gasteiger partial charge in [0, 0.05) is 12.1 Å². The van der Waals surface area contributed by atoms with Crippen LogP contribution in [0.2, 0.25) is 10.0 Å². The lowest BCUT2D eigenvalue weighted by atomic mass is 10.1. The lowest BCUT2D eigenvalue weighted by Crippen LogP contribution is -2.52. The Labute approximate surface area is 127 Å². The first-order valence-electron chi connectivity index (χ1n) is 6.22. The summed E-state index contributed by atoms with van der Waals surface area (Å²) in [4.78, 5) is 14.2. The molecule has 20 heavy (non-hydrogen) atoms. The first-order valence-corrected chi connectivity index (χ1v) is 6.97. The third-order valence-corrected chi connectivity index (χ3v) is 3.92. The summed E-state index contributed by atoms with van der Waals surface area (Å²) in [6, 6.07) is 2.92. The van der Waals surface area contributed by atoms with Gasteiger partial charge in [0.25, 0.3) is 5.91 Å². The minimum Gasteiger partial charge on any atom is -0.396 e. The Kier molecular flexibility index (Phi) is 4.75. The van der Waals surface area contributed by atoms with Crippen LogP contribution in [-0.4, -0.2) is 47.8 Å². The van der Waals surface area contributed by atoms with Gasteiger partial charge in [-0.2, -0.15) is 0 Å². The molecule has 2 unspecified atom stereocenters. The zero-order valence-corrected chi connectivity index (χ0v) is 12.5. The van der Waals surface area contributed by atoms with Crippen molar-refractivity contribution in [3.8, 4) is 0 Å². The quantitative estimate of drug-likeness (QED) is 0.815. The van der Waals surface area contributed by atoms with E-state index in [-0.39, 0.29) is 40.4 Å². The number of hydrogen-bond acceptors (Lipinski definition) is 4. The maximum absolute atomic E-state index is 12.5. The van der Waals surface area contributed by atoms with Crippen LogP contribution < -0.4 is 5.73 Å². The SMILES string of the molecule is CC1COC(CO)CN1C(=O)c1cc(Cl)c(N)c(Cl)c1. The number of hydrogen-bond donors (Lipinski definition) is 2. The molecule has 5 nitrogen and oxygen atoms in total. The number of nitrogens with two attached hydrogens (primary N) is 1. The van der Waals surface area contributed by atoms with E-state index in [1.807, 2.05) is 6.92 Å². The highest BCUT2D eigenvalue weighted by molar-refractivity contribution is 6.39. The predicted molar refractivity (Wildman–Crippen MR) is 78.2 cm³/mol. The van der Waals surface area contributed by atoms with Crippen molar-refractivity contribution in [2.45, 2.75) is 19.1 Å². The van der Waals surface area contributed by atoms with E-state index >= 15 is 0 Å². The number of carbonyl (C=O) groups is 1. The molecule has 1 fully saturated rings. The molecule has 1 aromatic carbocycles. The topological polar surface area (TPSA) is 75.8 Å². The lowest BCUT2D eigenvalue weighted by molar-refractivity contribution is -0.0667. The molecule has 0 aromatic heterocycles. The number of carbonyl (C=O) groups excluding carboxylic acids is 1. The lowest BCUT2D eigenvalue weighted by Gasteiger charge is -2.37. The molecular weight excluding hydrogens is 303 g/mol. The Morgan fingerprint density at radius 2 is 2.10 bits per heavy atom. The Morgan fingerprint density at radius 1 is 1.50 bits per heavy atom. The second-order valence-electron chi connectivity index (χ2n) is 4.80. The van der Waals surface area contributed by atoms with Crippen molar-refractivity contribution >= 4 is 34.8 Å². The van der Waals surface area contributed by atoms with E-state index in [0.29, 0.717) is 18.7 Å². The van der Waals surface area contributed by atoms with Gasteiger partial charge in [0.05, 0.1) is 41.1 Å². The fraction of sp³-hybridized carbons (Fsp3) is 0.462. The van der Waals surface area contributed by atoms with Crippen LogP contribution in [0.5, 0.6) is 0 Å². The second-order valence-corrected chi connectivity index (χ2v) is 5.61. The van der Waals surface area contributed by atoms with E-state index in [2.05, 4.69) is 0 Å². The summed E-state index contributed by atoms with van der Waals surface area (Å²) < 4.78 is 5.41. The molecule has 1 heterocycles. The molecule has 0 bridgehead atoms. The van der Waals surface area contributed by atoms with Crippen LogP contribution in [0.25, 0.3) is 0 Å². The van der Waals surface area contributed by atoms with Crippen LogP contribution in [-0.2, 0) is 4.74 Å². The van der Waals surface area contributed by atoms with Crippen molar-refractivity contribution in [2.24, 2.45) is 0 Å². The first kappa shape index (κ1) is 15.4. The number of rotatable bonds is 2. The molecule has 2 rings (SSSR count). The van der Waals surface area contributed by atoms with Crippen LogP contribution >= 0.6 is 23.2 Å². The van der Waals surface area contributed by atoms with Gasteiger partial charge >= 0.3 is 0 Å². The van der Waals surface area contributed by atoms with Gasteiger partial charge in [-0.15, -0.1) is 0 Å². The van der Waals surface area contributed by atoms with Crippen molar-refractivity contribution in [3.05, 3.63) is 27.7 Å². The maximum atomic E-state index is 12.5. The number of nitrogens with zero attached hydrogens (tertiary/aromatic N) is 1. The van der Waals surface area contributed by atoms with E-state index in [0.717, 1.165) is 0 Å². The van der Waals surface area contributed by atoms with Crippen LogP contribution in [0.4, 0.5) is 5.69 Å². The van der Waals surface area contributed by atoms with Gasteiger partial charge in [-0.3, -0.25) is 4.79 Å². The normalized spacial score (nSPS) is 22.9. The van der Waals surface area contributed by atoms with Crippen LogP contribution in [0.15, 0.2) is 12.1 Å². The van der Waals surface area contributed by atoms with Gasteiger partial charge in [-0.05, 0) is 19.1 Å². The number of ether oxygens (including phenoxy) is 1. The maximum Gasteiger partial charge on any atom is 0.254 e. The Balaban J connectivity index is 2.26. The predicted octanol–water partition coefficient (Wildman–Crippen LogP) is 1.80. The Bertz CT molecular complexity index is 501. The summed E-state index contributed by atoms with van der Waals surface area (Å²) >= 11 is 11.9. The molecule has 1 aliphatic heterocycles. The molecule has 0 radical (unpaired) electrons. The molecule has 1 aliphatic rings. The number of halogens is 2. The molecule has 0 spiro atoms. The van der Waals surface area contributed by atoms with Gasteiger partial charge in [0.15, 0.2) is 0 Å². The number of amides is 1. The summed E-state index contributed by atoms with van der Waals surface area (Å²) in [7, 11) is 0. The van der Waals surface area contributed by atoms with Crippen LogP contribution in [0.1, 0.15) is 17.3 Å². The van der Waals surface area contributed by atoms with Crippen molar-refractivity contribution in [1.29, 1.82) is 0 Å². The molecule has 1 aromatic rings. The highest BCUT2D eigenvalue weighted by Gasteiger charge is 2.30. The molecular formula is C13H16Cl2N2O3. The molecule has 1 amide bonds. The number of benzene rings is 1. The fourth-order valence-corrected chi connectivity index (χ4v) is 2.57. The standard InChI is InChI=1S/C13H16Cl2N2O3/c1-7-6-20-9(5-18)4-17(7)13(19)8-2-10(14)12(16)11(15)3-8/h2-3,7,9,18H,4-6,16H2,1H3. The van der Waals surface area contributed by atoms with Crippen molar-refractivity contribution in [3.63, 3.8) is 0 Å².